The highest BCUT2D eigenvalue weighted by atomic mass is 32.1. The SMILES string of the molecule is O=c1c2ccccc2sc2cc(C(F)(F)F)ccc12. The van der Waals surface area contributed by atoms with Crippen LogP contribution in [0.3, 0.4) is 0 Å². The van der Waals surface area contributed by atoms with Gasteiger partial charge in [-0.05, 0) is 30.3 Å². The molecule has 0 radical (unpaired) electrons. The normalized spacial score (nSPS) is 12.2. The molecule has 0 saturated heterocycles. The van der Waals surface area contributed by atoms with E-state index in [-0.39, 0.29) is 5.43 Å². The fraction of sp³-hybridized carbons (Fsp3) is 0.0714. The second kappa shape index (κ2) is 4.06. The standard InChI is InChI=1S/C14H7F3OS/c15-14(16,17)8-5-6-10-12(7-8)19-11-4-2-1-3-9(11)13(10)18/h1-7H. The molecule has 2 aromatic carbocycles. The first-order valence-electron chi connectivity index (χ1n) is 5.49. The Bertz CT molecular complexity index is 833. The molecule has 0 atom stereocenters. The maximum Gasteiger partial charge on any atom is 0.416 e. The summed E-state index contributed by atoms with van der Waals surface area (Å²) in [5, 5.41) is 0.872. The van der Waals surface area contributed by atoms with E-state index in [4.69, 9.17) is 0 Å². The quantitative estimate of drug-likeness (QED) is 0.557. The van der Waals surface area contributed by atoms with Crippen LogP contribution in [0.2, 0.25) is 0 Å². The van der Waals surface area contributed by atoms with Crippen LogP contribution in [0.4, 0.5) is 13.2 Å². The van der Waals surface area contributed by atoms with Gasteiger partial charge in [0, 0.05) is 20.2 Å². The van der Waals surface area contributed by atoms with Gasteiger partial charge in [0.15, 0.2) is 5.43 Å². The summed E-state index contributed by atoms with van der Waals surface area (Å²) in [7, 11) is 0. The van der Waals surface area contributed by atoms with Gasteiger partial charge in [-0.2, -0.15) is 13.2 Å². The van der Waals surface area contributed by atoms with E-state index in [0.717, 1.165) is 12.1 Å². The molecule has 0 unspecified atom stereocenters. The van der Waals surface area contributed by atoms with Crippen molar-refractivity contribution in [3.8, 4) is 0 Å². The Labute approximate surface area is 109 Å². The molecule has 0 aliphatic heterocycles. The fourth-order valence-corrected chi connectivity index (χ4v) is 3.09. The maximum atomic E-state index is 12.7. The predicted octanol–water partition coefficient (Wildman–Crippen LogP) is 4.43. The molecule has 0 fully saturated rings. The summed E-state index contributed by atoms with van der Waals surface area (Å²) in [6, 6.07) is 10.2. The number of hydrogen-bond acceptors (Lipinski definition) is 2. The van der Waals surface area contributed by atoms with Crippen molar-refractivity contribution < 1.29 is 13.2 Å². The van der Waals surface area contributed by atoms with Crippen LogP contribution in [0, 0.1) is 0 Å². The number of halogens is 3. The number of rotatable bonds is 0. The first-order chi connectivity index (χ1) is 8.97. The van der Waals surface area contributed by atoms with Crippen LogP contribution in [0.5, 0.6) is 0 Å². The minimum absolute atomic E-state index is 0.224. The second-order valence-electron chi connectivity index (χ2n) is 4.14. The Kier molecular flexibility index (Phi) is 2.60. The van der Waals surface area contributed by atoms with Gasteiger partial charge in [0.2, 0.25) is 0 Å². The third-order valence-electron chi connectivity index (χ3n) is 2.91. The minimum atomic E-state index is -4.39. The molecule has 1 aromatic heterocycles. The predicted molar refractivity (Wildman–Crippen MR) is 70.6 cm³/mol. The van der Waals surface area contributed by atoms with E-state index >= 15 is 0 Å². The van der Waals surface area contributed by atoms with Gasteiger partial charge in [-0.1, -0.05) is 12.1 Å². The maximum absolute atomic E-state index is 12.7. The molecule has 0 amide bonds. The van der Waals surface area contributed by atoms with E-state index in [9.17, 15) is 18.0 Å². The monoisotopic (exact) mass is 280 g/mol. The average molecular weight is 280 g/mol. The zero-order valence-electron chi connectivity index (χ0n) is 9.49. The summed E-state index contributed by atoms with van der Waals surface area (Å²) in [5.41, 5.74) is -0.955. The summed E-state index contributed by atoms with van der Waals surface area (Å²) >= 11 is 1.20. The first-order valence-corrected chi connectivity index (χ1v) is 6.31. The van der Waals surface area contributed by atoms with Crippen LogP contribution < -0.4 is 5.43 Å². The smallest absolute Gasteiger partial charge is 0.289 e. The third kappa shape index (κ3) is 2.00. The Morgan fingerprint density at radius 2 is 1.58 bits per heavy atom. The number of fused-ring (bicyclic) bond motifs is 2. The highest BCUT2D eigenvalue weighted by molar-refractivity contribution is 7.24. The summed E-state index contributed by atoms with van der Waals surface area (Å²) in [4.78, 5) is 12.2. The zero-order valence-corrected chi connectivity index (χ0v) is 10.3. The summed E-state index contributed by atoms with van der Waals surface area (Å²) in [6.45, 7) is 0. The lowest BCUT2D eigenvalue weighted by Crippen LogP contribution is -2.06. The van der Waals surface area contributed by atoms with Crippen LogP contribution >= 0.6 is 11.3 Å². The average Bonchev–Trinajstić information content (AvgIpc) is 2.37. The van der Waals surface area contributed by atoms with E-state index in [1.54, 1.807) is 24.3 Å². The minimum Gasteiger partial charge on any atom is -0.289 e. The molecule has 19 heavy (non-hydrogen) atoms. The highest BCUT2D eigenvalue weighted by Crippen LogP contribution is 2.33. The largest absolute Gasteiger partial charge is 0.416 e. The second-order valence-corrected chi connectivity index (χ2v) is 5.22. The third-order valence-corrected chi connectivity index (χ3v) is 4.04. The van der Waals surface area contributed by atoms with Gasteiger partial charge in [0.1, 0.15) is 0 Å². The Morgan fingerprint density at radius 1 is 0.895 bits per heavy atom. The molecular formula is C14H7F3OS. The summed E-state index contributed by atoms with van der Waals surface area (Å²) in [5.74, 6) is 0. The molecule has 1 heterocycles. The van der Waals surface area contributed by atoms with E-state index in [2.05, 4.69) is 0 Å². The van der Waals surface area contributed by atoms with E-state index < -0.39 is 11.7 Å². The lowest BCUT2D eigenvalue weighted by molar-refractivity contribution is -0.137. The Hall–Kier alpha value is -1.88. The molecule has 3 rings (SSSR count). The first kappa shape index (κ1) is 12.2. The van der Waals surface area contributed by atoms with Gasteiger partial charge in [-0.25, -0.2) is 0 Å². The molecule has 0 spiro atoms. The van der Waals surface area contributed by atoms with Gasteiger partial charge in [0.05, 0.1) is 5.56 Å². The lowest BCUT2D eigenvalue weighted by atomic mass is 10.1. The van der Waals surface area contributed by atoms with Gasteiger partial charge in [-0.3, -0.25) is 4.79 Å². The number of hydrogen-bond donors (Lipinski definition) is 0. The van der Waals surface area contributed by atoms with Crippen molar-refractivity contribution in [3.05, 3.63) is 58.3 Å². The molecule has 0 aliphatic carbocycles. The van der Waals surface area contributed by atoms with E-state index in [0.29, 0.717) is 20.2 Å². The molecule has 3 aromatic rings. The summed E-state index contributed by atoms with van der Waals surface area (Å²) < 4.78 is 39.0. The van der Waals surface area contributed by atoms with Crippen molar-refractivity contribution in [3.63, 3.8) is 0 Å². The number of benzene rings is 2. The van der Waals surface area contributed by atoms with Crippen LogP contribution in [-0.4, -0.2) is 0 Å². The Balaban J connectivity index is 2.42. The van der Waals surface area contributed by atoms with Crippen LogP contribution in [0.25, 0.3) is 20.2 Å². The van der Waals surface area contributed by atoms with Crippen LogP contribution in [0.1, 0.15) is 5.56 Å². The molecule has 0 saturated carbocycles. The van der Waals surface area contributed by atoms with Crippen molar-refractivity contribution in [2.45, 2.75) is 6.18 Å². The van der Waals surface area contributed by atoms with Crippen molar-refractivity contribution in [1.82, 2.24) is 0 Å². The van der Waals surface area contributed by atoms with Crippen molar-refractivity contribution in [2.75, 3.05) is 0 Å². The molecule has 0 N–H and O–H groups in total. The molecule has 96 valence electrons. The topological polar surface area (TPSA) is 17.1 Å². The van der Waals surface area contributed by atoms with Gasteiger partial charge < -0.3 is 0 Å². The van der Waals surface area contributed by atoms with Gasteiger partial charge >= 0.3 is 6.18 Å². The van der Waals surface area contributed by atoms with Gasteiger partial charge in [0.25, 0.3) is 0 Å². The van der Waals surface area contributed by atoms with Crippen LogP contribution in [-0.2, 0) is 6.18 Å². The van der Waals surface area contributed by atoms with Crippen molar-refractivity contribution in [1.29, 1.82) is 0 Å². The zero-order chi connectivity index (χ0) is 13.6. The van der Waals surface area contributed by atoms with Crippen molar-refractivity contribution in [2.24, 2.45) is 0 Å². The van der Waals surface area contributed by atoms with Gasteiger partial charge in [-0.15, -0.1) is 11.3 Å². The molecule has 0 bridgehead atoms. The number of alkyl halides is 3. The lowest BCUT2D eigenvalue weighted by Gasteiger charge is -2.07. The molecule has 1 nitrogen and oxygen atoms in total. The highest BCUT2D eigenvalue weighted by Gasteiger charge is 2.30. The van der Waals surface area contributed by atoms with Crippen molar-refractivity contribution >= 4 is 31.5 Å². The van der Waals surface area contributed by atoms with Crippen LogP contribution in [0.15, 0.2) is 47.3 Å². The van der Waals surface area contributed by atoms with E-state index in [1.165, 1.54) is 17.4 Å². The Morgan fingerprint density at radius 3 is 2.32 bits per heavy atom. The molecular weight excluding hydrogens is 273 g/mol. The summed E-state index contributed by atoms with van der Waals surface area (Å²) in [6.07, 6.45) is -4.39. The molecule has 5 heteroatoms. The molecule has 0 aliphatic rings. The van der Waals surface area contributed by atoms with E-state index in [1.807, 2.05) is 0 Å². The fourth-order valence-electron chi connectivity index (χ4n) is 1.98.